The maximum absolute atomic E-state index is 11.4. The van der Waals surface area contributed by atoms with Crippen molar-refractivity contribution in [3.05, 3.63) is 108 Å². The van der Waals surface area contributed by atoms with E-state index in [2.05, 4.69) is 50.0 Å². The van der Waals surface area contributed by atoms with Gasteiger partial charge in [-0.15, -0.1) is 0 Å². The number of aromatic carboxylic acids is 1. The van der Waals surface area contributed by atoms with Gasteiger partial charge in [-0.25, -0.2) is 20.2 Å². The van der Waals surface area contributed by atoms with Crippen molar-refractivity contribution < 1.29 is 51.8 Å². The van der Waals surface area contributed by atoms with E-state index in [0.29, 0.717) is 34.4 Å². The van der Waals surface area contributed by atoms with Gasteiger partial charge < -0.3 is 32.7 Å². The lowest BCUT2D eigenvalue weighted by molar-refractivity contribution is -0.133. The van der Waals surface area contributed by atoms with Crippen LogP contribution in [0.1, 0.15) is 53.1 Å². The Hall–Kier alpha value is -8.20. The molecule has 0 atom stereocenters. The molecule has 0 fully saturated rings. The number of para-hydroxylation sites is 6. The van der Waals surface area contributed by atoms with Crippen LogP contribution in [0.3, 0.4) is 0 Å². The molecule has 0 aliphatic heterocycles. The van der Waals surface area contributed by atoms with Crippen molar-refractivity contribution >= 4 is 68.7 Å². The van der Waals surface area contributed by atoms with Gasteiger partial charge in [0.25, 0.3) is 0 Å². The number of esters is 2. The molecule has 21 heteroatoms. The maximum Gasteiger partial charge on any atom is 0.358 e. The number of carboxylic acids is 1. The summed E-state index contributed by atoms with van der Waals surface area (Å²) in [6.45, 7) is 4.91. The van der Waals surface area contributed by atoms with Crippen LogP contribution in [0.2, 0.25) is 0 Å². The number of oxime groups is 1. The molecule has 61 heavy (non-hydrogen) atoms. The first kappa shape index (κ1) is 45.5. The first-order valence-electron chi connectivity index (χ1n) is 17.5. The van der Waals surface area contributed by atoms with Crippen molar-refractivity contribution in [1.29, 1.82) is 0 Å². The summed E-state index contributed by atoms with van der Waals surface area (Å²) < 4.78 is 28.1. The lowest BCUT2D eigenvalue weighted by atomic mass is 10.2. The smallest absolute Gasteiger partial charge is 0.358 e. The van der Waals surface area contributed by atoms with Gasteiger partial charge in [-0.2, -0.15) is 34.5 Å². The monoisotopic (exact) mass is 838 g/mol. The van der Waals surface area contributed by atoms with Gasteiger partial charge in [0.2, 0.25) is 0 Å². The fraction of sp³-hybridized carbons (Fsp3) is 0.200. The number of oxazole rings is 3. The first-order chi connectivity index (χ1) is 28.8. The zero-order valence-electron chi connectivity index (χ0n) is 33.0. The molecular formula is C40H42N10O11. The quantitative estimate of drug-likeness (QED) is 0.0648. The number of nitrogens with one attached hydrogen (secondary N) is 1. The van der Waals surface area contributed by atoms with Gasteiger partial charge in [-0.1, -0.05) is 49.0 Å². The number of carbonyl (C=O) groups excluding carboxylic acids is 3. The fourth-order valence-corrected chi connectivity index (χ4v) is 5.09. The molecule has 0 aliphatic rings. The van der Waals surface area contributed by atoms with Crippen LogP contribution in [0.15, 0.2) is 103 Å². The molecule has 8 aromatic rings. The summed E-state index contributed by atoms with van der Waals surface area (Å²) in [5, 5.41) is 20.3. The number of Topliss-reactive ketones (excluding diaryl/α,β-unsaturated/α-hetero) is 1. The van der Waals surface area contributed by atoms with Crippen molar-refractivity contribution in [2.24, 2.45) is 11.0 Å². The molecule has 0 amide bonds. The third-order valence-electron chi connectivity index (χ3n) is 7.77. The van der Waals surface area contributed by atoms with Crippen molar-refractivity contribution in [2.75, 3.05) is 26.8 Å². The highest BCUT2D eigenvalue weighted by Gasteiger charge is 2.18. The molecule has 318 valence electrons. The van der Waals surface area contributed by atoms with Crippen LogP contribution in [-0.2, 0) is 23.9 Å². The number of benzene rings is 3. The SMILES string of the molecule is C.CO/N=C(\CC(C)=O)C(=O)OC.COC(=O)c1cc(C)n(-c2nc3ccccc3o2)n1.Cc1cc(C(=O)O)nn1-c1nc2ccccc2o1.NNc1nc2ccccc2o1. The number of nitrogen functional groups attached to an aromatic ring is 1. The number of ether oxygens (including phenoxy) is 2. The van der Waals surface area contributed by atoms with Crippen LogP contribution in [0, 0.1) is 13.8 Å². The van der Waals surface area contributed by atoms with Crippen molar-refractivity contribution in [3.8, 4) is 12.0 Å². The lowest BCUT2D eigenvalue weighted by Crippen LogP contribution is -2.18. The summed E-state index contributed by atoms with van der Waals surface area (Å²) in [4.78, 5) is 60.7. The third-order valence-corrected chi connectivity index (χ3v) is 7.77. The van der Waals surface area contributed by atoms with E-state index in [1.807, 2.05) is 73.7 Å². The molecule has 0 aliphatic carbocycles. The number of nitrogens with two attached hydrogens (primary N) is 1. The first-order valence-corrected chi connectivity index (χ1v) is 17.5. The van der Waals surface area contributed by atoms with E-state index in [0.717, 1.165) is 22.3 Å². The number of nitrogens with zero attached hydrogens (tertiary/aromatic N) is 8. The number of aromatic nitrogens is 7. The zero-order chi connectivity index (χ0) is 43.3. The number of ketones is 1. The van der Waals surface area contributed by atoms with E-state index < -0.39 is 17.9 Å². The Balaban J connectivity index is 0.000000183. The minimum atomic E-state index is -1.08. The number of rotatable bonds is 9. The zero-order valence-corrected chi connectivity index (χ0v) is 33.0. The number of carbonyl (C=O) groups is 4. The van der Waals surface area contributed by atoms with Gasteiger partial charge in [0.1, 0.15) is 29.4 Å². The number of anilines is 1. The maximum atomic E-state index is 11.4. The van der Waals surface area contributed by atoms with Crippen LogP contribution < -0.4 is 11.3 Å². The molecule has 4 N–H and O–H groups in total. The van der Waals surface area contributed by atoms with Crippen molar-refractivity contribution in [2.45, 2.75) is 34.6 Å². The van der Waals surface area contributed by atoms with Crippen LogP contribution in [-0.4, -0.2) is 90.4 Å². The minimum absolute atomic E-state index is 0. The molecule has 0 saturated heterocycles. The van der Waals surface area contributed by atoms with Crippen LogP contribution in [0.4, 0.5) is 6.01 Å². The number of carboxylic acid groups (broad SMARTS) is 1. The predicted octanol–water partition coefficient (Wildman–Crippen LogP) is 6.02. The minimum Gasteiger partial charge on any atom is -0.476 e. The molecule has 0 spiro atoms. The van der Waals surface area contributed by atoms with E-state index in [-0.39, 0.29) is 42.7 Å². The molecule has 5 aromatic heterocycles. The molecular weight excluding hydrogens is 796 g/mol. The number of hydrogen-bond donors (Lipinski definition) is 3. The van der Waals surface area contributed by atoms with E-state index in [4.69, 9.17) is 24.2 Å². The number of fused-ring (bicyclic) bond motifs is 3. The summed E-state index contributed by atoms with van der Waals surface area (Å²) in [6.07, 6.45) is -0.0689. The van der Waals surface area contributed by atoms with Gasteiger partial charge in [-0.05, 0) is 69.3 Å². The van der Waals surface area contributed by atoms with Crippen LogP contribution in [0.25, 0.3) is 45.3 Å². The van der Waals surface area contributed by atoms with Gasteiger partial charge >= 0.3 is 36.0 Å². The van der Waals surface area contributed by atoms with Crippen LogP contribution in [0.5, 0.6) is 0 Å². The molecule has 3 aromatic carbocycles. The Morgan fingerprint density at radius 2 is 1.18 bits per heavy atom. The highest BCUT2D eigenvalue weighted by atomic mass is 16.6. The highest BCUT2D eigenvalue weighted by Crippen LogP contribution is 2.21. The predicted molar refractivity (Wildman–Crippen MR) is 220 cm³/mol. The topological polar surface area (TPSA) is 280 Å². The van der Waals surface area contributed by atoms with E-state index >= 15 is 0 Å². The summed E-state index contributed by atoms with van der Waals surface area (Å²) in [7, 11) is 3.83. The summed E-state index contributed by atoms with van der Waals surface area (Å²) >= 11 is 0. The molecule has 8 rings (SSSR count). The van der Waals surface area contributed by atoms with Crippen LogP contribution >= 0.6 is 0 Å². The van der Waals surface area contributed by atoms with E-state index in [9.17, 15) is 19.2 Å². The highest BCUT2D eigenvalue weighted by molar-refractivity contribution is 6.39. The molecule has 5 heterocycles. The Kier molecular flexibility index (Phi) is 15.7. The van der Waals surface area contributed by atoms with Crippen molar-refractivity contribution in [1.82, 2.24) is 34.5 Å². The van der Waals surface area contributed by atoms with E-state index in [1.54, 1.807) is 19.1 Å². The van der Waals surface area contributed by atoms with Gasteiger partial charge in [0.15, 0.2) is 33.8 Å². The second kappa shape index (κ2) is 21.0. The van der Waals surface area contributed by atoms with Crippen molar-refractivity contribution in [3.63, 3.8) is 0 Å². The number of methoxy groups -OCH3 is 2. The lowest BCUT2D eigenvalue weighted by Gasteiger charge is -1.99. The Morgan fingerprint density at radius 3 is 1.57 bits per heavy atom. The van der Waals surface area contributed by atoms with E-state index in [1.165, 1.54) is 43.7 Å². The largest absolute Gasteiger partial charge is 0.476 e. The normalized spacial score (nSPS) is 10.6. The Bertz CT molecular complexity index is 2700. The molecule has 0 bridgehead atoms. The van der Waals surface area contributed by atoms with Gasteiger partial charge in [0.05, 0.1) is 20.6 Å². The summed E-state index contributed by atoms with van der Waals surface area (Å²) in [6, 6.07) is 26.2. The molecule has 0 unspecified atom stereocenters. The number of hydrogen-bond acceptors (Lipinski definition) is 18. The standard InChI is InChI=1S/C13H11N3O3.C12H9N3O3.C7H7N3O.C7H11NO4.CH4/c1-8-7-10(12(17)18-2)15-16(8)13-14-9-5-3-4-6-11(9)19-13;1-7-6-9(11(16)17)14-15(7)12-13-8-4-2-3-5-10(8)18-12;8-10-7-9-5-3-1-2-4-6(5)11-7;1-5(9)4-6(8-12-3)7(10)11-2;/h3-7H,1-2H3;2-6H,1H3,(H,16,17);1-4H,8H2,(H,9,10);4H2,1-3H3;1H4/b;;;8-6+;. The summed E-state index contributed by atoms with van der Waals surface area (Å²) in [5.41, 5.74) is 8.21. The molecule has 21 nitrogen and oxygen atoms in total. The summed E-state index contributed by atoms with van der Waals surface area (Å²) in [5.74, 6) is 2.73. The van der Waals surface area contributed by atoms with Gasteiger partial charge in [-0.3, -0.25) is 10.2 Å². The molecule has 0 saturated carbocycles. The Labute approximate surface area is 346 Å². The second-order valence-corrected chi connectivity index (χ2v) is 12.1. The Morgan fingerprint density at radius 1 is 0.721 bits per heavy atom. The average Bonchev–Trinajstić information content (AvgIpc) is 4.09. The number of aryl methyl sites for hydroxylation is 2. The van der Waals surface area contributed by atoms with Gasteiger partial charge in [0, 0.05) is 11.4 Å². The average molecular weight is 839 g/mol. The number of hydrazine groups is 1. The third kappa shape index (κ3) is 11.5. The molecule has 0 radical (unpaired) electrons. The fourth-order valence-electron chi connectivity index (χ4n) is 5.09. The second-order valence-electron chi connectivity index (χ2n) is 12.1.